The van der Waals surface area contributed by atoms with Crippen LogP contribution in [0.4, 0.5) is 5.69 Å². The lowest BCUT2D eigenvalue weighted by Crippen LogP contribution is -2.53. The third-order valence-corrected chi connectivity index (χ3v) is 9.71. The number of benzene rings is 4. The van der Waals surface area contributed by atoms with Crippen LogP contribution in [0, 0.1) is 27.7 Å². The van der Waals surface area contributed by atoms with Gasteiger partial charge in [0.2, 0.25) is 11.8 Å². The lowest BCUT2D eigenvalue weighted by atomic mass is 10.0. The summed E-state index contributed by atoms with van der Waals surface area (Å²) >= 11 is 0. The van der Waals surface area contributed by atoms with Crippen molar-refractivity contribution in [3.63, 3.8) is 0 Å². The van der Waals surface area contributed by atoms with Gasteiger partial charge in [0.1, 0.15) is 12.6 Å². The lowest BCUT2D eigenvalue weighted by Gasteiger charge is -2.34. The normalized spacial score (nSPS) is 11.9. The number of hydrogen-bond acceptors (Lipinski definition) is 4. The van der Waals surface area contributed by atoms with Crippen LogP contribution in [0.3, 0.4) is 0 Å². The van der Waals surface area contributed by atoms with E-state index in [1.807, 2.05) is 95.3 Å². The van der Waals surface area contributed by atoms with E-state index in [9.17, 15) is 18.0 Å². The number of hydrogen-bond donors (Lipinski definition) is 1. The molecule has 2 amide bonds. The van der Waals surface area contributed by atoms with Gasteiger partial charge >= 0.3 is 0 Å². The fourth-order valence-electron chi connectivity index (χ4n) is 5.17. The number of sulfonamides is 1. The predicted molar refractivity (Wildman–Crippen MR) is 181 cm³/mol. The maximum atomic E-state index is 14.5. The molecule has 236 valence electrons. The molecule has 0 aromatic heterocycles. The smallest absolute Gasteiger partial charge is 0.264 e. The average molecular weight is 626 g/mol. The van der Waals surface area contributed by atoms with Gasteiger partial charge in [-0.05, 0) is 80.6 Å². The SMILES string of the molecule is CCCNC(=O)[C@@H](Cc1ccccc1)N(Cc1cccc(C)c1)C(=O)CN(c1ccc(C)c(C)c1)S(=O)(=O)c1ccc(C)cc1. The van der Waals surface area contributed by atoms with Crippen LogP contribution < -0.4 is 9.62 Å². The summed E-state index contributed by atoms with van der Waals surface area (Å²) in [5.41, 5.74) is 5.99. The van der Waals surface area contributed by atoms with Crippen molar-refractivity contribution in [2.45, 2.75) is 64.9 Å². The predicted octanol–water partition coefficient (Wildman–Crippen LogP) is 6.28. The summed E-state index contributed by atoms with van der Waals surface area (Å²) in [6, 6.07) is 28.5. The van der Waals surface area contributed by atoms with E-state index < -0.39 is 28.5 Å². The van der Waals surface area contributed by atoms with E-state index in [1.165, 1.54) is 9.21 Å². The molecule has 8 heteroatoms. The Kier molecular flexibility index (Phi) is 11.2. The monoisotopic (exact) mass is 625 g/mol. The first-order valence-corrected chi connectivity index (χ1v) is 16.8. The zero-order chi connectivity index (χ0) is 32.6. The minimum absolute atomic E-state index is 0.0888. The summed E-state index contributed by atoms with van der Waals surface area (Å²) < 4.78 is 29.6. The van der Waals surface area contributed by atoms with Crippen molar-refractivity contribution in [3.05, 3.63) is 130 Å². The Morgan fingerprint density at radius 2 is 1.44 bits per heavy atom. The number of aryl methyl sites for hydroxylation is 4. The molecule has 0 bridgehead atoms. The van der Waals surface area contributed by atoms with Crippen LogP contribution in [-0.4, -0.2) is 44.3 Å². The zero-order valence-corrected chi connectivity index (χ0v) is 27.6. The molecule has 0 saturated heterocycles. The van der Waals surface area contributed by atoms with E-state index in [4.69, 9.17) is 0 Å². The molecule has 0 saturated carbocycles. The second-order valence-electron chi connectivity index (χ2n) is 11.6. The van der Waals surface area contributed by atoms with Gasteiger partial charge in [-0.25, -0.2) is 8.42 Å². The molecule has 0 heterocycles. The highest BCUT2D eigenvalue weighted by atomic mass is 32.2. The lowest BCUT2D eigenvalue weighted by molar-refractivity contribution is -0.140. The van der Waals surface area contributed by atoms with E-state index in [2.05, 4.69) is 5.32 Å². The number of amides is 2. The van der Waals surface area contributed by atoms with Gasteiger partial charge in [-0.15, -0.1) is 0 Å². The van der Waals surface area contributed by atoms with E-state index in [1.54, 1.807) is 36.4 Å². The highest BCUT2D eigenvalue weighted by Crippen LogP contribution is 2.27. The van der Waals surface area contributed by atoms with Gasteiger partial charge in [0.05, 0.1) is 10.6 Å². The van der Waals surface area contributed by atoms with Gasteiger partial charge in [0, 0.05) is 19.5 Å². The first-order valence-electron chi connectivity index (χ1n) is 15.3. The van der Waals surface area contributed by atoms with Crippen LogP contribution in [0.1, 0.15) is 46.7 Å². The standard InChI is InChI=1S/C37H43N3O4S/c1-6-21-38-37(42)35(24-31-12-8-7-9-13-31)39(25-32-14-10-11-28(3)22-32)36(41)26-40(33-18-17-29(4)30(5)23-33)45(43,44)34-19-15-27(2)16-20-34/h7-20,22-23,35H,6,21,24-26H2,1-5H3,(H,38,42)/t35-/m1/s1. The topological polar surface area (TPSA) is 86.8 Å². The number of nitrogens with zero attached hydrogens (tertiary/aromatic N) is 2. The first-order chi connectivity index (χ1) is 21.5. The van der Waals surface area contributed by atoms with Gasteiger partial charge in [0.15, 0.2) is 0 Å². The molecular weight excluding hydrogens is 582 g/mol. The van der Waals surface area contributed by atoms with Gasteiger partial charge in [-0.2, -0.15) is 0 Å². The summed E-state index contributed by atoms with van der Waals surface area (Å²) in [5, 5.41) is 2.98. The molecule has 0 aliphatic heterocycles. The maximum absolute atomic E-state index is 14.5. The molecule has 45 heavy (non-hydrogen) atoms. The number of nitrogens with one attached hydrogen (secondary N) is 1. The minimum Gasteiger partial charge on any atom is -0.354 e. The Balaban J connectivity index is 1.81. The van der Waals surface area contributed by atoms with Crippen molar-refractivity contribution >= 4 is 27.5 Å². The van der Waals surface area contributed by atoms with Crippen molar-refractivity contribution in [3.8, 4) is 0 Å². The second kappa shape index (κ2) is 15.0. The van der Waals surface area contributed by atoms with Gasteiger partial charge in [0.25, 0.3) is 10.0 Å². The maximum Gasteiger partial charge on any atom is 0.264 e. The molecule has 7 nitrogen and oxygen atoms in total. The third-order valence-electron chi connectivity index (χ3n) is 7.92. The minimum atomic E-state index is -4.14. The highest BCUT2D eigenvalue weighted by Gasteiger charge is 2.34. The number of carbonyl (C=O) groups is 2. The van der Waals surface area contributed by atoms with Crippen LogP contribution in [-0.2, 0) is 32.6 Å². The van der Waals surface area contributed by atoms with Gasteiger partial charge in [-0.3, -0.25) is 13.9 Å². The molecule has 0 radical (unpaired) electrons. The number of rotatable bonds is 13. The van der Waals surface area contributed by atoms with Gasteiger partial charge in [-0.1, -0.05) is 90.8 Å². The Labute approximate surface area is 268 Å². The number of anilines is 1. The van der Waals surface area contributed by atoms with Crippen molar-refractivity contribution in [2.24, 2.45) is 0 Å². The Bertz CT molecular complexity index is 1720. The first kappa shape index (κ1) is 33.5. The van der Waals surface area contributed by atoms with Crippen LogP contribution in [0.25, 0.3) is 0 Å². The largest absolute Gasteiger partial charge is 0.354 e. The molecule has 0 aliphatic rings. The summed E-state index contributed by atoms with van der Waals surface area (Å²) in [6.45, 7) is 9.83. The van der Waals surface area contributed by atoms with Crippen LogP contribution in [0.2, 0.25) is 0 Å². The fourth-order valence-corrected chi connectivity index (χ4v) is 6.58. The molecule has 1 atom stereocenters. The summed E-state index contributed by atoms with van der Waals surface area (Å²) in [6.07, 6.45) is 1.02. The zero-order valence-electron chi connectivity index (χ0n) is 26.8. The third kappa shape index (κ3) is 8.60. The van der Waals surface area contributed by atoms with E-state index in [0.29, 0.717) is 12.2 Å². The summed E-state index contributed by atoms with van der Waals surface area (Å²) in [4.78, 5) is 29.9. The molecule has 0 spiro atoms. The Morgan fingerprint density at radius 1 is 0.756 bits per heavy atom. The molecule has 0 fully saturated rings. The molecule has 4 aromatic rings. The van der Waals surface area contributed by atoms with Crippen LogP contribution in [0.15, 0.2) is 102 Å². The molecule has 0 unspecified atom stereocenters. The van der Waals surface area contributed by atoms with Gasteiger partial charge < -0.3 is 10.2 Å². The van der Waals surface area contributed by atoms with Crippen molar-refractivity contribution < 1.29 is 18.0 Å². The van der Waals surface area contributed by atoms with Crippen molar-refractivity contribution in [2.75, 3.05) is 17.4 Å². The average Bonchev–Trinajstić information content (AvgIpc) is 3.02. The summed E-state index contributed by atoms with van der Waals surface area (Å²) in [5.74, 6) is -0.751. The molecule has 1 N–H and O–H groups in total. The van der Waals surface area contributed by atoms with Crippen LogP contribution in [0.5, 0.6) is 0 Å². The molecule has 4 rings (SSSR count). The summed E-state index contributed by atoms with van der Waals surface area (Å²) in [7, 11) is -4.14. The Hall–Kier alpha value is -4.43. The van der Waals surface area contributed by atoms with Crippen molar-refractivity contribution in [1.82, 2.24) is 10.2 Å². The quantitative estimate of drug-likeness (QED) is 0.190. The molecular formula is C37H43N3O4S. The molecule has 0 aliphatic carbocycles. The Morgan fingerprint density at radius 3 is 2.09 bits per heavy atom. The molecule has 4 aromatic carbocycles. The second-order valence-corrected chi connectivity index (χ2v) is 13.5. The van der Waals surface area contributed by atoms with E-state index in [0.717, 1.165) is 39.8 Å². The fraction of sp³-hybridized carbons (Fsp3) is 0.297. The number of carbonyl (C=O) groups excluding carboxylic acids is 2. The van der Waals surface area contributed by atoms with E-state index >= 15 is 0 Å². The van der Waals surface area contributed by atoms with E-state index in [-0.39, 0.29) is 23.8 Å². The van der Waals surface area contributed by atoms with Crippen molar-refractivity contribution in [1.29, 1.82) is 0 Å². The highest BCUT2D eigenvalue weighted by molar-refractivity contribution is 7.92. The van der Waals surface area contributed by atoms with Crippen LogP contribution >= 0.6 is 0 Å².